The number of nitrogens with one attached hydrogen (secondary N) is 1. The third kappa shape index (κ3) is 7.58. The highest BCUT2D eigenvalue weighted by Crippen LogP contribution is 2.27. The van der Waals surface area contributed by atoms with Crippen LogP contribution in [0.3, 0.4) is 0 Å². The number of hydrogen-bond acceptors (Lipinski definition) is 11. The number of hydrogen-bond donors (Lipinski definition) is 2. The van der Waals surface area contributed by atoms with Crippen LogP contribution in [0.2, 0.25) is 0 Å². The van der Waals surface area contributed by atoms with Crippen molar-refractivity contribution in [1.29, 1.82) is 0 Å². The van der Waals surface area contributed by atoms with Crippen LogP contribution in [0.15, 0.2) is 55.0 Å². The molecular weight excluding hydrogens is 648 g/mol. The second kappa shape index (κ2) is 16.6. The van der Waals surface area contributed by atoms with Crippen LogP contribution >= 0.6 is 12.4 Å². The normalized spacial score (nSPS) is 9.98. The molecule has 6 heterocycles. The average Bonchev–Trinajstić information content (AvgIpc) is 3.78. The van der Waals surface area contributed by atoms with Crippen molar-refractivity contribution >= 4 is 63.0 Å². The molecular formula is C32H37ClN6O9. The summed E-state index contributed by atoms with van der Waals surface area (Å²) >= 11 is 0. The molecule has 0 amide bonds. The Labute approximate surface area is 281 Å². The first-order valence-electron chi connectivity index (χ1n) is 13.5. The van der Waals surface area contributed by atoms with Crippen molar-refractivity contribution in [3.8, 4) is 17.6 Å². The lowest BCUT2D eigenvalue weighted by molar-refractivity contribution is 0.0583. The third-order valence-corrected chi connectivity index (χ3v) is 6.98. The summed E-state index contributed by atoms with van der Waals surface area (Å²) in [5.74, 6) is -0.317. The minimum atomic E-state index is -0.962. The second-order valence-corrected chi connectivity index (χ2v) is 9.44. The van der Waals surface area contributed by atoms with Gasteiger partial charge >= 0.3 is 17.9 Å². The molecule has 0 aliphatic rings. The maximum Gasteiger partial charge on any atom is 0.354 e. The number of halogens is 1. The van der Waals surface area contributed by atoms with Crippen LogP contribution in [0.4, 0.5) is 0 Å². The number of aromatic nitrogens is 6. The van der Waals surface area contributed by atoms with Crippen LogP contribution in [0.25, 0.3) is 32.7 Å². The van der Waals surface area contributed by atoms with E-state index in [1.54, 1.807) is 79.3 Å². The van der Waals surface area contributed by atoms with E-state index in [4.69, 9.17) is 24.1 Å². The molecule has 15 nitrogen and oxygen atoms in total. The Balaban J connectivity index is 0.000000245. The van der Waals surface area contributed by atoms with Crippen molar-refractivity contribution in [2.45, 2.75) is 7.43 Å². The number of methoxy groups -OCH3 is 5. The fraction of sp³-hybridized carbons (Fsp3) is 0.250. The van der Waals surface area contributed by atoms with Crippen molar-refractivity contribution in [1.82, 2.24) is 29.1 Å². The Morgan fingerprint density at radius 1 is 0.667 bits per heavy atom. The zero-order valence-electron chi connectivity index (χ0n) is 26.6. The van der Waals surface area contributed by atoms with Crippen LogP contribution in [0.5, 0.6) is 17.6 Å². The lowest BCUT2D eigenvalue weighted by atomic mass is 10.3. The van der Waals surface area contributed by atoms with Crippen LogP contribution in [-0.4, -0.2) is 87.6 Å². The average molecular weight is 685 g/mol. The van der Waals surface area contributed by atoms with Crippen molar-refractivity contribution in [2.75, 3.05) is 35.5 Å². The molecule has 0 radical (unpaired) electrons. The molecule has 0 aromatic carbocycles. The van der Waals surface area contributed by atoms with Gasteiger partial charge in [-0.1, -0.05) is 7.43 Å². The van der Waals surface area contributed by atoms with Crippen LogP contribution in [0.1, 0.15) is 38.9 Å². The number of carboxylic acids is 1. The summed E-state index contributed by atoms with van der Waals surface area (Å²) in [6, 6.07) is 10.3. The Kier molecular flexibility index (Phi) is 13.3. The van der Waals surface area contributed by atoms with Crippen LogP contribution in [-0.2, 0) is 23.6 Å². The largest absolute Gasteiger partial charge is 0.481 e. The lowest BCUT2D eigenvalue weighted by Crippen LogP contribution is -2.06. The molecule has 0 aliphatic heterocycles. The predicted molar refractivity (Wildman–Crippen MR) is 181 cm³/mol. The van der Waals surface area contributed by atoms with E-state index in [2.05, 4.69) is 24.7 Å². The zero-order chi connectivity index (χ0) is 33.5. The van der Waals surface area contributed by atoms with Crippen LogP contribution in [0, 0.1) is 0 Å². The number of aromatic carboxylic acids is 1. The summed E-state index contributed by atoms with van der Waals surface area (Å²) < 4.78 is 27.9. The topological polar surface area (TPSA) is 182 Å². The Hall–Kier alpha value is -5.83. The maximum atomic E-state index is 11.5. The summed E-state index contributed by atoms with van der Waals surface area (Å²) in [4.78, 5) is 48.7. The van der Waals surface area contributed by atoms with Gasteiger partial charge in [0.2, 0.25) is 17.6 Å². The van der Waals surface area contributed by atoms with Crippen molar-refractivity contribution in [3.05, 3.63) is 72.1 Å². The molecule has 16 heteroatoms. The van der Waals surface area contributed by atoms with Gasteiger partial charge in [-0.2, -0.15) is 0 Å². The van der Waals surface area contributed by atoms with Gasteiger partial charge in [-0.25, -0.2) is 29.3 Å². The Morgan fingerprint density at radius 2 is 1.10 bits per heavy atom. The standard InChI is InChI=1S/C11H12N2O3.2C10H10N2O3.CH4.ClH/c1-13-8-4-5-12-10(15-2)7(8)6-9(13)11(14)16-3;1-14-9-6-5-8(10(13)15-2)12-7(6)3-4-11-9;1-12-7-3-4-11-9(15-2)6(7)5-8(12)10(13)14;;/h4-6H,1-3H3;3-5,12H,1-2H3;3-5H,1-2H3,(H,13,14);1H4;1H. The van der Waals surface area contributed by atoms with E-state index in [0.717, 1.165) is 27.3 Å². The van der Waals surface area contributed by atoms with Gasteiger partial charge in [0.25, 0.3) is 0 Å². The van der Waals surface area contributed by atoms with Gasteiger partial charge in [0.05, 0.1) is 68.3 Å². The van der Waals surface area contributed by atoms with Gasteiger partial charge in [-0.15, -0.1) is 12.4 Å². The molecule has 0 atom stereocenters. The van der Waals surface area contributed by atoms with Gasteiger partial charge < -0.3 is 42.9 Å². The number of rotatable bonds is 6. The summed E-state index contributed by atoms with van der Waals surface area (Å²) in [5, 5.41) is 11.2. The molecule has 256 valence electrons. The number of ether oxygens (including phenoxy) is 5. The molecule has 6 aromatic heterocycles. The molecule has 0 saturated heterocycles. The summed E-state index contributed by atoms with van der Waals surface area (Å²) in [5.41, 5.74) is 3.55. The second-order valence-electron chi connectivity index (χ2n) is 9.44. The number of carboxylic acid groups (broad SMARTS) is 1. The first-order chi connectivity index (χ1) is 22.1. The number of aromatic amines is 1. The van der Waals surface area contributed by atoms with E-state index in [-0.39, 0.29) is 31.5 Å². The van der Waals surface area contributed by atoms with E-state index in [0.29, 0.717) is 34.4 Å². The van der Waals surface area contributed by atoms with E-state index in [1.165, 1.54) is 28.4 Å². The molecule has 6 aromatic rings. The number of fused-ring (bicyclic) bond motifs is 3. The number of esters is 2. The lowest BCUT2D eigenvalue weighted by Gasteiger charge is -2.02. The number of carbonyl (C=O) groups excluding carboxylic acids is 2. The summed E-state index contributed by atoms with van der Waals surface area (Å²) in [6.07, 6.45) is 4.84. The summed E-state index contributed by atoms with van der Waals surface area (Å²) in [6.45, 7) is 0. The van der Waals surface area contributed by atoms with Crippen LogP contribution < -0.4 is 14.2 Å². The van der Waals surface area contributed by atoms with Gasteiger partial charge in [0, 0.05) is 32.7 Å². The number of H-pyrrole nitrogens is 1. The molecule has 6 rings (SSSR count). The smallest absolute Gasteiger partial charge is 0.354 e. The van der Waals surface area contributed by atoms with Gasteiger partial charge in [0.15, 0.2) is 0 Å². The molecule has 0 aliphatic carbocycles. The number of pyridine rings is 3. The summed E-state index contributed by atoms with van der Waals surface area (Å²) in [7, 11) is 10.8. The fourth-order valence-electron chi connectivity index (χ4n) is 4.71. The zero-order valence-corrected chi connectivity index (χ0v) is 27.4. The first kappa shape index (κ1) is 38.4. The molecule has 0 bridgehead atoms. The van der Waals surface area contributed by atoms with Gasteiger partial charge in [0.1, 0.15) is 17.1 Å². The monoisotopic (exact) mass is 684 g/mol. The van der Waals surface area contributed by atoms with Crippen molar-refractivity contribution in [3.63, 3.8) is 0 Å². The van der Waals surface area contributed by atoms with E-state index < -0.39 is 11.9 Å². The molecule has 0 saturated carbocycles. The fourth-order valence-corrected chi connectivity index (χ4v) is 4.71. The number of aryl methyl sites for hydroxylation is 2. The quantitative estimate of drug-likeness (QED) is 0.223. The minimum Gasteiger partial charge on any atom is -0.481 e. The Morgan fingerprint density at radius 3 is 1.56 bits per heavy atom. The highest BCUT2D eigenvalue weighted by molar-refractivity contribution is 5.98. The van der Waals surface area contributed by atoms with E-state index in [1.807, 2.05) is 6.07 Å². The van der Waals surface area contributed by atoms with Crippen molar-refractivity contribution in [2.24, 2.45) is 14.1 Å². The highest BCUT2D eigenvalue weighted by Gasteiger charge is 2.17. The third-order valence-electron chi connectivity index (χ3n) is 6.98. The molecule has 0 spiro atoms. The molecule has 48 heavy (non-hydrogen) atoms. The van der Waals surface area contributed by atoms with Gasteiger partial charge in [-0.05, 0) is 36.4 Å². The number of carbonyl (C=O) groups is 3. The Bertz CT molecular complexity index is 2050. The first-order valence-corrected chi connectivity index (χ1v) is 13.5. The van der Waals surface area contributed by atoms with Gasteiger partial charge in [-0.3, -0.25) is 0 Å². The molecule has 2 N–H and O–H groups in total. The highest BCUT2D eigenvalue weighted by atomic mass is 35.5. The molecule has 0 unspecified atom stereocenters. The maximum absolute atomic E-state index is 11.5. The van der Waals surface area contributed by atoms with Crippen molar-refractivity contribution < 1.29 is 43.2 Å². The van der Waals surface area contributed by atoms with E-state index in [9.17, 15) is 14.4 Å². The number of nitrogens with zero attached hydrogens (tertiary/aromatic N) is 5. The minimum absolute atomic E-state index is 0. The molecule has 0 fully saturated rings. The SMILES string of the molecule is C.COC(=O)c1cc2c(OC)nccc2[nH]1.COC(=O)c1cc2c(OC)nccc2n1C.COc1nccc2c1cc(C(=O)O)n2C.Cl. The predicted octanol–water partition coefficient (Wildman–Crippen LogP) is 5.06. The van der Waals surface area contributed by atoms with E-state index >= 15 is 0 Å².